The summed E-state index contributed by atoms with van der Waals surface area (Å²) in [6, 6.07) is 4.25. The van der Waals surface area contributed by atoms with Crippen LogP contribution in [0, 0.1) is 6.92 Å². The van der Waals surface area contributed by atoms with Crippen LogP contribution >= 0.6 is 0 Å². The van der Waals surface area contributed by atoms with Crippen molar-refractivity contribution in [3.63, 3.8) is 0 Å². The Hall–Kier alpha value is -0.850. The fourth-order valence-corrected chi connectivity index (χ4v) is 1.07. The molecule has 1 aromatic heterocycles. The van der Waals surface area contributed by atoms with E-state index in [-0.39, 0.29) is 5.41 Å². The molecule has 0 saturated carbocycles. The number of pyridine rings is 1. The van der Waals surface area contributed by atoms with E-state index >= 15 is 0 Å². The molecular weight excluding hydrogens is 146 g/mol. The van der Waals surface area contributed by atoms with Crippen LogP contribution < -0.4 is 0 Å². The summed E-state index contributed by atoms with van der Waals surface area (Å²) in [5.41, 5.74) is 2.68. The second kappa shape index (κ2) is 3.26. The Morgan fingerprint density at radius 1 is 1.33 bits per heavy atom. The van der Waals surface area contributed by atoms with Gasteiger partial charge in [-0.1, -0.05) is 26.8 Å². The Labute approximate surface area is 74.8 Å². The fraction of sp³-hybridized carbons (Fsp3) is 0.545. The van der Waals surface area contributed by atoms with Crippen LogP contribution in [0.5, 0.6) is 0 Å². The summed E-state index contributed by atoms with van der Waals surface area (Å²) in [4.78, 5) is 4.29. The molecule has 66 valence electrons. The van der Waals surface area contributed by atoms with E-state index in [1.165, 1.54) is 5.56 Å². The topological polar surface area (TPSA) is 12.9 Å². The standard InChI is InChI=1S/C11H17N/c1-5-11(3,4)10-7-6-9(2)12-8-10/h6-8H,5H2,1-4H3. The Kier molecular flexibility index (Phi) is 2.51. The third-order valence-corrected chi connectivity index (χ3v) is 2.58. The van der Waals surface area contributed by atoms with Gasteiger partial charge in [-0.25, -0.2) is 0 Å². The number of aromatic nitrogens is 1. The molecule has 12 heavy (non-hydrogen) atoms. The summed E-state index contributed by atoms with van der Waals surface area (Å²) in [5, 5.41) is 0. The lowest BCUT2D eigenvalue weighted by Crippen LogP contribution is -2.15. The predicted molar refractivity (Wildman–Crippen MR) is 52.3 cm³/mol. The van der Waals surface area contributed by atoms with E-state index in [1.54, 1.807) is 0 Å². The molecule has 0 aliphatic rings. The van der Waals surface area contributed by atoms with Crippen LogP contribution in [-0.2, 0) is 5.41 Å². The number of hydrogen-bond acceptors (Lipinski definition) is 1. The first kappa shape index (κ1) is 9.24. The summed E-state index contributed by atoms with van der Waals surface area (Å²) < 4.78 is 0. The van der Waals surface area contributed by atoms with Gasteiger partial charge in [0.2, 0.25) is 0 Å². The second-order valence-corrected chi connectivity index (χ2v) is 3.93. The quantitative estimate of drug-likeness (QED) is 0.653. The highest BCUT2D eigenvalue weighted by molar-refractivity contribution is 5.21. The lowest BCUT2D eigenvalue weighted by Gasteiger charge is -2.22. The van der Waals surface area contributed by atoms with Crippen molar-refractivity contribution < 1.29 is 0 Å². The first-order valence-corrected chi connectivity index (χ1v) is 4.49. The third-order valence-electron chi connectivity index (χ3n) is 2.58. The van der Waals surface area contributed by atoms with Crippen molar-refractivity contribution >= 4 is 0 Å². The number of rotatable bonds is 2. The van der Waals surface area contributed by atoms with Crippen molar-refractivity contribution in [2.24, 2.45) is 0 Å². The molecule has 0 bridgehead atoms. The van der Waals surface area contributed by atoms with Crippen molar-refractivity contribution in [3.05, 3.63) is 29.6 Å². The summed E-state index contributed by atoms with van der Waals surface area (Å²) in [6.45, 7) is 8.72. The highest BCUT2D eigenvalue weighted by Crippen LogP contribution is 2.25. The average Bonchev–Trinajstić information content (AvgIpc) is 2.05. The number of nitrogens with zero attached hydrogens (tertiary/aromatic N) is 1. The van der Waals surface area contributed by atoms with Gasteiger partial charge in [0.1, 0.15) is 0 Å². The maximum absolute atomic E-state index is 4.29. The van der Waals surface area contributed by atoms with Crippen LogP contribution in [0.1, 0.15) is 38.4 Å². The first-order chi connectivity index (χ1) is 5.56. The van der Waals surface area contributed by atoms with E-state index in [0.717, 1.165) is 12.1 Å². The summed E-state index contributed by atoms with van der Waals surface area (Å²) in [6.07, 6.45) is 3.14. The molecule has 1 aromatic rings. The highest BCUT2D eigenvalue weighted by atomic mass is 14.7. The van der Waals surface area contributed by atoms with E-state index in [4.69, 9.17) is 0 Å². The maximum Gasteiger partial charge on any atom is 0.0372 e. The molecule has 0 unspecified atom stereocenters. The normalized spacial score (nSPS) is 11.7. The second-order valence-electron chi connectivity index (χ2n) is 3.93. The summed E-state index contributed by atoms with van der Waals surface area (Å²) in [7, 11) is 0. The van der Waals surface area contributed by atoms with Crippen LogP contribution in [0.2, 0.25) is 0 Å². The van der Waals surface area contributed by atoms with E-state index in [0.29, 0.717) is 0 Å². The van der Waals surface area contributed by atoms with Crippen LogP contribution in [0.4, 0.5) is 0 Å². The van der Waals surface area contributed by atoms with Crippen LogP contribution in [0.25, 0.3) is 0 Å². The molecule has 1 heteroatoms. The van der Waals surface area contributed by atoms with Gasteiger partial charge in [-0.3, -0.25) is 4.98 Å². The van der Waals surface area contributed by atoms with Crippen molar-refractivity contribution in [3.8, 4) is 0 Å². The van der Waals surface area contributed by atoms with E-state index < -0.39 is 0 Å². The molecular formula is C11H17N. The zero-order chi connectivity index (χ0) is 9.19. The minimum atomic E-state index is 0.265. The molecule has 0 amide bonds. The Morgan fingerprint density at radius 3 is 2.42 bits per heavy atom. The van der Waals surface area contributed by atoms with Gasteiger partial charge < -0.3 is 0 Å². The van der Waals surface area contributed by atoms with Gasteiger partial charge in [0.15, 0.2) is 0 Å². The molecule has 0 atom stereocenters. The Bertz CT molecular complexity index is 246. The monoisotopic (exact) mass is 163 g/mol. The zero-order valence-corrected chi connectivity index (χ0v) is 8.39. The van der Waals surface area contributed by atoms with Gasteiger partial charge in [-0.2, -0.15) is 0 Å². The fourth-order valence-electron chi connectivity index (χ4n) is 1.07. The van der Waals surface area contributed by atoms with E-state index in [1.807, 2.05) is 13.1 Å². The lowest BCUT2D eigenvalue weighted by atomic mass is 9.83. The minimum absolute atomic E-state index is 0.265. The molecule has 0 spiro atoms. The van der Waals surface area contributed by atoms with Gasteiger partial charge in [0.25, 0.3) is 0 Å². The van der Waals surface area contributed by atoms with E-state index in [2.05, 4.69) is 37.9 Å². The molecule has 0 aromatic carbocycles. The van der Waals surface area contributed by atoms with Crippen LogP contribution in [-0.4, -0.2) is 4.98 Å². The molecule has 1 heterocycles. The van der Waals surface area contributed by atoms with Crippen LogP contribution in [0.15, 0.2) is 18.3 Å². The van der Waals surface area contributed by atoms with Crippen LogP contribution in [0.3, 0.4) is 0 Å². The van der Waals surface area contributed by atoms with Crippen molar-refractivity contribution in [1.29, 1.82) is 0 Å². The third kappa shape index (κ3) is 1.84. The molecule has 0 aliphatic carbocycles. The molecule has 0 saturated heterocycles. The summed E-state index contributed by atoms with van der Waals surface area (Å²) in [5.74, 6) is 0. The van der Waals surface area contributed by atoms with Crippen molar-refractivity contribution in [2.75, 3.05) is 0 Å². The minimum Gasteiger partial charge on any atom is -0.261 e. The van der Waals surface area contributed by atoms with Gasteiger partial charge >= 0.3 is 0 Å². The predicted octanol–water partition coefficient (Wildman–Crippen LogP) is 3.08. The molecule has 1 nitrogen and oxygen atoms in total. The van der Waals surface area contributed by atoms with Gasteiger partial charge in [-0.15, -0.1) is 0 Å². The summed E-state index contributed by atoms with van der Waals surface area (Å²) >= 11 is 0. The first-order valence-electron chi connectivity index (χ1n) is 4.49. The zero-order valence-electron chi connectivity index (χ0n) is 8.39. The average molecular weight is 163 g/mol. The Balaban J connectivity index is 2.96. The largest absolute Gasteiger partial charge is 0.261 e. The molecule has 0 N–H and O–H groups in total. The smallest absolute Gasteiger partial charge is 0.0372 e. The lowest BCUT2D eigenvalue weighted by molar-refractivity contribution is 0.504. The highest BCUT2D eigenvalue weighted by Gasteiger charge is 2.17. The number of hydrogen-bond donors (Lipinski definition) is 0. The maximum atomic E-state index is 4.29. The molecule has 1 rings (SSSR count). The molecule has 0 fully saturated rings. The molecule has 0 aliphatic heterocycles. The van der Waals surface area contributed by atoms with Gasteiger partial charge in [0.05, 0.1) is 0 Å². The molecule has 0 radical (unpaired) electrons. The number of aryl methyl sites for hydroxylation is 1. The van der Waals surface area contributed by atoms with Gasteiger partial charge in [-0.05, 0) is 30.4 Å². The Morgan fingerprint density at radius 2 is 2.00 bits per heavy atom. The van der Waals surface area contributed by atoms with E-state index in [9.17, 15) is 0 Å². The van der Waals surface area contributed by atoms with Crippen molar-refractivity contribution in [2.45, 2.75) is 39.5 Å². The van der Waals surface area contributed by atoms with Crippen molar-refractivity contribution in [1.82, 2.24) is 4.98 Å². The SMILES string of the molecule is CCC(C)(C)c1ccc(C)nc1. The van der Waals surface area contributed by atoms with Gasteiger partial charge in [0, 0.05) is 11.9 Å².